The fraction of sp³-hybridized carbons (Fsp3) is 0.619. The fourth-order valence-corrected chi connectivity index (χ4v) is 4.29. The highest BCUT2D eigenvalue weighted by molar-refractivity contribution is 5.85. The quantitative estimate of drug-likeness (QED) is 0.698. The highest BCUT2D eigenvalue weighted by Crippen LogP contribution is 2.38. The zero-order valence-electron chi connectivity index (χ0n) is 16.0. The molecule has 0 spiro atoms. The average Bonchev–Trinajstić information content (AvgIpc) is 3.10. The van der Waals surface area contributed by atoms with Crippen LogP contribution >= 0.6 is 12.4 Å². The Hall–Kier alpha value is -1.59. The summed E-state index contributed by atoms with van der Waals surface area (Å²) in [7, 11) is 0. The maximum atomic E-state index is 12.4. The van der Waals surface area contributed by atoms with E-state index in [9.17, 15) is 9.59 Å². The van der Waals surface area contributed by atoms with Crippen molar-refractivity contribution >= 4 is 24.2 Å². The van der Waals surface area contributed by atoms with Gasteiger partial charge in [-0.2, -0.15) is 0 Å². The van der Waals surface area contributed by atoms with Gasteiger partial charge in [-0.1, -0.05) is 43.5 Å². The van der Waals surface area contributed by atoms with Crippen LogP contribution in [0.3, 0.4) is 0 Å². The molecule has 1 aliphatic heterocycles. The monoisotopic (exact) mass is 393 g/mol. The Balaban J connectivity index is 0.00000261. The molecule has 6 heteroatoms. The summed E-state index contributed by atoms with van der Waals surface area (Å²) in [6.07, 6.45) is 7.43. The van der Waals surface area contributed by atoms with Gasteiger partial charge in [0.05, 0.1) is 0 Å². The molecule has 0 aromatic heterocycles. The zero-order valence-corrected chi connectivity index (χ0v) is 16.9. The van der Waals surface area contributed by atoms with E-state index >= 15 is 0 Å². The Kier molecular flexibility index (Phi) is 8.11. The van der Waals surface area contributed by atoms with Crippen LogP contribution in [0.15, 0.2) is 24.3 Å². The first-order valence-corrected chi connectivity index (χ1v) is 9.93. The Bertz CT molecular complexity index is 619. The highest BCUT2D eigenvalue weighted by atomic mass is 35.5. The molecule has 0 saturated heterocycles. The van der Waals surface area contributed by atoms with E-state index < -0.39 is 0 Å². The highest BCUT2D eigenvalue weighted by Gasteiger charge is 2.32. The molecule has 1 fully saturated rings. The third kappa shape index (κ3) is 5.69. The summed E-state index contributed by atoms with van der Waals surface area (Å²) in [5.74, 6) is 0.250. The van der Waals surface area contributed by atoms with Gasteiger partial charge in [0.25, 0.3) is 0 Å². The second-order valence-electron chi connectivity index (χ2n) is 7.91. The molecule has 2 aliphatic rings. The average molecular weight is 394 g/mol. The van der Waals surface area contributed by atoms with Crippen molar-refractivity contribution in [2.45, 2.75) is 64.5 Å². The van der Waals surface area contributed by atoms with Crippen molar-refractivity contribution < 1.29 is 9.59 Å². The van der Waals surface area contributed by atoms with Crippen molar-refractivity contribution in [3.8, 4) is 0 Å². The molecule has 1 heterocycles. The molecule has 2 amide bonds. The molecule has 3 N–H and O–H groups in total. The minimum Gasteiger partial charge on any atom is -0.356 e. The molecule has 1 saturated carbocycles. The number of hydrogen-bond acceptors (Lipinski definition) is 3. The lowest BCUT2D eigenvalue weighted by Crippen LogP contribution is -2.39. The number of benzene rings is 1. The minimum absolute atomic E-state index is 0. The lowest BCUT2D eigenvalue weighted by molar-refractivity contribution is -0.132. The summed E-state index contributed by atoms with van der Waals surface area (Å²) in [5, 5.41) is 2.99. The fourth-order valence-electron chi connectivity index (χ4n) is 4.29. The Morgan fingerprint density at radius 2 is 1.70 bits per heavy atom. The normalized spacial score (nSPS) is 17.7. The summed E-state index contributed by atoms with van der Waals surface area (Å²) < 4.78 is 0. The van der Waals surface area contributed by atoms with Crippen LogP contribution in [0.1, 0.15) is 62.5 Å². The zero-order chi connectivity index (χ0) is 18.4. The SMILES string of the molecule is Cl.NCC1(CC(=O)NCCCC(=O)N2Cc3ccccc3C2)CCCCC1. The number of halogens is 1. The first kappa shape index (κ1) is 21.7. The van der Waals surface area contributed by atoms with E-state index in [1.54, 1.807) is 0 Å². The van der Waals surface area contributed by atoms with Crippen LogP contribution in [-0.2, 0) is 22.7 Å². The maximum absolute atomic E-state index is 12.4. The molecule has 3 rings (SSSR count). The number of amides is 2. The molecular formula is C21H32ClN3O2. The van der Waals surface area contributed by atoms with Crippen LogP contribution in [0, 0.1) is 5.41 Å². The van der Waals surface area contributed by atoms with Gasteiger partial charge in [-0.05, 0) is 42.3 Å². The number of nitrogens with one attached hydrogen (secondary N) is 1. The summed E-state index contributed by atoms with van der Waals surface area (Å²) in [4.78, 5) is 26.5. The molecule has 0 unspecified atom stereocenters. The van der Waals surface area contributed by atoms with Gasteiger partial charge in [-0.25, -0.2) is 0 Å². The van der Waals surface area contributed by atoms with Gasteiger partial charge in [0, 0.05) is 32.5 Å². The van der Waals surface area contributed by atoms with Crippen molar-refractivity contribution in [2.24, 2.45) is 11.1 Å². The molecule has 0 atom stereocenters. The first-order chi connectivity index (χ1) is 12.6. The summed E-state index contributed by atoms with van der Waals surface area (Å²) in [5.41, 5.74) is 8.44. The van der Waals surface area contributed by atoms with Gasteiger partial charge < -0.3 is 16.0 Å². The second-order valence-corrected chi connectivity index (χ2v) is 7.91. The van der Waals surface area contributed by atoms with Gasteiger partial charge in [0.1, 0.15) is 0 Å². The Morgan fingerprint density at radius 3 is 2.30 bits per heavy atom. The standard InChI is InChI=1S/C21H31N3O2.ClH/c22-16-21(10-4-1-5-11-21)13-19(25)23-12-6-9-20(26)24-14-17-7-2-3-8-18(17)15-24;/h2-3,7-8H,1,4-6,9-16,22H2,(H,23,25);1H. The number of hydrogen-bond donors (Lipinski definition) is 2. The molecule has 0 radical (unpaired) electrons. The number of nitrogens with zero attached hydrogens (tertiary/aromatic N) is 1. The van der Waals surface area contributed by atoms with Crippen molar-refractivity contribution in [3.63, 3.8) is 0 Å². The second kappa shape index (κ2) is 10.1. The van der Waals surface area contributed by atoms with Crippen LogP contribution in [0.25, 0.3) is 0 Å². The van der Waals surface area contributed by atoms with Crippen LogP contribution in [0.5, 0.6) is 0 Å². The molecule has 150 valence electrons. The lowest BCUT2D eigenvalue weighted by atomic mass is 9.71. The summed E-state index contributed by atoms with van der Waals surface area (Å²) in [6.45, 7) is 2.57. The smallest absolute Gasteiger partial charge is 0.223 e. The predicted octanol–water partition coefficient (Wildman–Crippen LogP) is 3.15. The van der Waals surface area contributed by atoms with E-state index in [2.05, 4.69) is 17.4 Å². The third-order valence-corrected chi connectivity index (χ3v) is 5.97. The Morgan fingerprint density at radius 1 is 1.07 bits per heavy atom. The van der Waals surface area contributed by atoms with Gasteiger partial charge >= 0.3 is 0 Å². The number of carbonyl (C=O) groups is 2. The van der Waals surface area contributed by atoms with E-state index in [0.29, 0.717) is 45.4 Å². The van der Waals surface area contributed by atoms with Crippen LogP contribution < -0.4 is 11.1 Å². The Labute approximate surface area is 168 Å². The van der Waals surface area contributed by atoms with Crippen LogP contribution in [0.4, 0.5) is 0 Å². The van der Waals surface area contributed by atoms with Crippen molar-refractivity contribution in [1.29, 1.82) is 0 Å². The van der Waals surface area contributed by atoms with Crippen molar-refractivity contribution in [1.82, 2.24) is 10.2 Å². The van der Waals surface area contributed by atoms with Gasteiger partial charge in [0.15, 0.2) is 0 Å². The molecular weight excluding hydrogens is 362 g/mol. The molecule has 0 bridgehead atoms. The van der Waals surface area contributed by atoms with Crippen molar-refractivity contribution in [3.05, 3.63) is 35.4 Å². The first-order valence-electron chi connectivity index (χ1n) is 9.93. The van der Waals surface area contributed by atoms with Crippen LogP contribution in [-0.4, -0.2) is 29.8 Å². The summed E-state index contributed by atoms with van der Waals surface area (Å²) >= 11 is 0. The van der Waals surface area contributed by atoms with Gasteiger partial charge in [0.2, 0.25) is 11.8 Å². The van der Waals surface area contributed by atoms with E-state index in [0.717, 1.165) is 12.8 Å². The molecule has 1 aliphatic carbocycles. The summed E-state index contributed by atoms with van der Waals surface area (Å²) in [6, 6.07) is 8.20. The van der Waals surface area contributed by atoms with E-state index in [4.69, 9.17) is 5.73 Å². The molecule has 27 heavy (non-hydrogen) atoms. The maximum Gasteiger partial charge on any atom is 0.223 e. The topological polar surface area (TPSA) is 75.4 Å². The molecule has 1 aromatic carbocycles. The van der Waals surface area contributed by atoms with Gasteiger partial charge in [-0.15, -0.1) is 12.4 Å². The third-order valence-electron chi connectivity index (χ3n) is 5.97. The lowest BCUT2D eigenvalue weighted by Gasteiger charge is -2.35. The van der Waals surface area contributed by atoms with Gasteiger partial charge in [-0.3, -0.25) is 9.59 Å². The van der Waals surface area contributed by atoms with Crippen molar-refractivity contribution in [2.75, 3.05) is 13.1 Å². The minimum atomic E-state index is -0.000516. The van der Waals surface area contributed by atoms with Crippen LogP contribution in [0.2, 0.25) is 0 Å². The van der Waals surface area contributed by atoms with E-state index in [1.807, 2.05) is 17.0 Å². The largest absolute Gasteiger partial charge is 0.356 e. The number of rotatable bonds is 7. The number of nitrogens with two attached hydrogens (primary N) is 1. The predicted molar refractivity (Wildman–Crippen MR) is 109 cm³/mol. The number of fused-ring (bicyclic) bond motifs is 1. The molecule has 1 aromatic rings. The van der Waals surface area contributed by atoms with E-state index in [1.165, 1.54) is 30.4 Å². The number of carbonyl (C=O) groups excluding carboxylic acids is 2. The molecule has 5 nitrogen and oxygen atoms in total. The van der Waals surface area contributed by atoms with E-state index in [-0.39, 0.29) is 29.6 Å².